The number of nitrogens with two attached hydrogens (primary N) is 1. The molecule has 1 heterocycles. The molecule has 19 heavy (non-hydrogen) atoms. The summed E-state index contributed by atoms with van der Waals surface area (Å²) in [6.45, 7) is 5.62. The summed E-state index contributed by atoms with van der Waals surface area (Å²) in [6, 6.07) is 5.41. The van der Waals surface area contributed by atoms with Crippen molar-refractivity contribution in [1.29, 1.82) is 0 Å². The third kappa shape index (κ3) is 2.45. The number of amides is 1. The SMILES string of the molecule is Cc1cc(N)ccc1NC(=O)c1c(C)nn(C)c1C. The zero-order valence-electron chi connectivity index (χ0n) is 11.6. The van der Waals surface area contributed by atoms with E-state index >= 15 is 0 Å². The molecule has 3 N–H and O–H groups in total. The molecule has 1 aromatic carbocycles. The van der Waals surface area contributed by atoms with Crippen molar-refractivity contribution in [2.75, 3.05) is 11.1 Å². The predicted octanol–water partition coefficient (Wildman–Crippen LogP) is 2.18. The van der Waals surface area contributed by atoms with E-state index in [-0.39, 0.29) is 5.91 Å². The summed E-state index contributed by atoms with van der Waals surface area (Å²) in [5.74, 6) is -0.143. The fraction of sp³-hybridized carbons (Fsp3) is 0.286. The highest BCUT2D eigenvalue weighted by Crippen LogP contribution is 2.20. The maximum atomic E-state index is 12.3. The molecule has 100 valence electrons. The van der Waals surface area contributed by atoms with Crippen LogP contribution in [0.5, 0.6) is 0 Å². The molecule has 0 fully saturated rings. The summed E-state index contributed by atoms with van der Waals surface area (Å²) in [4.78, 5) is 12.3. The Labute approximate surface area is 112 Å². The highest BCUT2D eigenvalue weighted by Gasteiger charge is 2.17. The molecule has 0 aliphatic heterocycles. The van der Waals surface area contributed by atoms with Gasteiger partial charge in [-0.1, -0.05) is 0 Å². The molecule has 0 unspecified atom stereocenters. The minimum Gasteiger partial charge on any atom is -0.399 e. The largest absolute Gasteiger partial charge is 0.399 e. The molecule has 0 saturated carbocycles. The Morgan fingerprint density at radius 1 is 1.32 bits per heavy atom. The number of carbonyl (C=O) groups is 1. The summed E-state index contributed by atoms with van der Waals surface area (Å²) >= 11 is 0. The Bertz CT molecular complexity index is 643. The zero-order chi connectivity index (χ0) is 14.2. The predicted molar refractivity (Wildman–Crippen MR) is 76.2 cm³/mol. The number of nitrogen functional groups attached to an aromatic ring is 1. The van der Waals surface area contributed by atoms with E-state index in [0.717, 1.165) is 22.6 Å². The summed E-state index contributed by atoms with van der Waals surface area (Å²) in [7, 11) is 1.83. The van der Waals surface area contributed by atoms with Crippen LogP contribution in [0.4, 0.5) is 11.4 Å². The van der Waals surface area contributed by atoms with E-state index in [1.807, 2.05) is 40.0 Å². The number of aryl methyl sites for hydroxylation is 3. The molecular formula is C14H18N4O. The molecule has 0 saturated heterocycles. The molecule has 0 aliphatic carbocycles. The van der Waals surface area contributed by atoms with E-state index in [0.29, 0.717) is 11.3 Å². The summed E-state index contributed by atoms with van der Waals surface area (Å²) in [6.07, 6.45) is 0. The van der Waals surface area contributed by atoms with Gasteiger partial charge in [-0.2, -0.15) is 5.10 Å². The molecule has 2 rings (SSSR count). The molecule has 0 bridgehead atoms. The average molecular weight is 258 g/mol. The van der Waals surface area contributed by atoms with E-state index in [2.05, 4.69) is 10.4 Å². The van der Waals surface area contributed by atoms with Gasteiger partial charge >= 0.3 is 0 Å². The first-order chi connectivity index (χ1) is 8.90. The maximum absolute atomic E-state index is 12.3. The number of nitrogens with zero attached hydrogens (tertiary/aromatic N) is 2. The maximum Gasteiger partial charge on any atom is 0.259 e. The number of carbonyl (C=O) groups excluding carboxylic acids is 1. The second kappa shape index (κ2) is 4.76. The van der Waals surface area contributed by atoms with Crippen molar-refractivity contribution in [2.24, 2.45) is 7.05 Å². The molecule has 0 atom stereocenters. The highest BCUT2D eigenvalue weighted by molar-refractivity contribution is 6.06. The first kappa shape index (κ1) is 13.1. The van der Waals surface area contributed by atoms with E-state index in [9.17, 15) is 4.79 Å². The smallest absolute Gasteiger partial charge is 0.259 e. The van der Waals surface area contributed by atoms with Crippen LogP contribution in [0.25, 0.3) is 0 Å². The number of hydrogen-bond donors (Lipinski definition) is 2. The Hall–Kier alpha value is -2.30. The number of benzene rings is 1. The van der Waals surface area contributed by atoms with Gasteiger partial charge in [-0.15, -0.1) is 0 Å². The molecule has 0 aliphatic rings. The first-order valence-corrected chi connectivity index (χ1v) is 6.08. The topological polar surface area (TPSA) is 72.9 Å². The lowest BCUT2D eigenvalue weighted by Crippen LogP contribution is -2.15. The van der Waals surface area contributed by atoms with Gasteiger partial charge in [0.2, 0.25) is 0 Å². The lowest BCUT2D eigenvalue weighted by Gasteiger charge is -2.09. The molecule has 2 aromatic rings. The standard InChI is InChI=1S/C14H18N4O/c1-8-7-11(15)5-6-12(8)16-14(19)13-9(2)17-18(4)10(13)3/h5-7H,15H2,1-4H3,(H,16,19). The van der Waals surface area contributed by atoms with Gasteiger partial charge < -0.3 is 11.1 Å². The lowest BCUT2D eigenvalue weighted by molar-refractivity contribution is 0.102. The average Bonchev–Trinajstić information content (AvgIpc) is 2.57. The van der Waals surface area contributed by atoms with Crippen molar-refractivity contribution in [1.82, 2.24) is 9.78 Å². The van der Waals surface area contributed by atoms with Crippen molar-refractivity contribution in [2.45, 2.75) is 20.8 Å². The molecule has 1 amide bonds. The van der Waals surface area contributed by atoms with Gasteiger partial charge in [-0.25, -0.2) is 0 Å². The second-order valence-electron chi connectivity index (χ2n) is 4.70. The summed E-state index contributed by atoms with van der Waals surface area (Å²) in [5.41, 5.74) is 10.3. The van der Waals surface area contributed by atoms with Gasteiger partial charge in [0.05, 0.1) is 11.3 Å². The van der Waals surface area contributed by atoms with Gasteiger partial charge in [0.1, 0.15) is 0 Å². The van der Waals surface area contributed by atoms with Gasteiger partial charge in [0.15, 0.2) is 0 Å². The Balaban J connectivity index is 2.31. The van der Waals surface area contributed by atoms with Crippen LogP contribution in [-0.2, 0) is 7.05 Å². The van der Waals surface area contributed by atoms with E-state index in [1.165, 1.54) is 0 Å². The highest BCUT2D eigenvalue weighted by atomic mass is 16.1. The van der Waals surface area contributed by atoms with Crippen LogP contribution in [0.3, 0.4) is 0 Å². The quantitative estimate of drug-likeness (QED) is 0.811. The molecular weight excluding hydrogens is 240 g/mol. The van der Waals surface area contributed by atoms with Gasteiger partial charge in [0.25, 0.3) is 5.91 Å². The van der Waals surface area contributed by atoms with E-state index in [1.54, 1.807) is 10.7 Å². The van der Waals surface area contributed by atoms with Crippen molar-refractivity contribution in [3.05, 3.63) is 40.7 Å². The fourth-order valence-corrected chi connectivity index (χ4v) is 2.11. The second-order valence-corrected chi connectivity index (χ2v) is 4.70. The fourth-order valence-electron chi connectivity index (χ4n) is 2.11. The van der Waals surface area contributed by atoms with Crippen LogP contribution in [-0.4, -0.2) is 15.7 Å². The van der Waals surface area contributed by atoms with Crippen LogP contribution in [0, 0.1) is 20.8 Å². The molecule has 0 spiro atoms. The van der Waals surface area contributed by atoms with Gasteiger partial charge in [-0.05, 0) is 44.5 Å². The minimum absolute atomic E-state index is 0.143. The van der Waals surface area contributed by atoms with Crippen LogP contribution < -0.4 is 11.1 Å². The van der Waals surface area contributed by atoms with Crippen LogP contribution in [0.2, 0.25) is 0 Å². The summed E-state index contributed by atoms with van der Waals surface area (Å²) < 4.78 is 1.71. The zero-order valence-corrected chi connectivity index (χ0v) is 11.6. The third-order valence-electron chi connectivity index (χ3n) is 3.23. The van der Waals surface area contributed by atoms with Crippen LogP contribution in [0.1, 0.15) is 27.3 Å². The van der Waals surface area contributed by atoms with Gasteiger partial charge in [0, 0.05) is 24.1 Å². The lowest BCUT2D eigenvalue weighted by atomic mass is 10.1. The van der Waals surface area contributed by atoms with Crippen molar-refractivity contribution < 1.29 is 4.79 Å². The number of hydrogen-bond acceptors (Lipinski definition) is 3. The number of anilines is 2. The monoisotopic (exact) mass is 258 g/mol. The third-order valence-corrected chi connectivity index (χ3v) is 3.23. The molecule has 1 aromatic heterocycles. The van der Waals surface area contributed by atoms with Crippen LogP contribution in [0.15, 0.2) is 18.2 Å². The van der Waals surface area contributed by atoms with E-state index in [4.69, 9.17) is 5.73 Å². The van der Waals surface area contributed by atoms with Crippen molar-refractivity contribution in [3.8, 4) is 0 Å². The molecule has 5 nitrogen and oxygen atoms in total. The van der Waals surface area contributed by atoms with Crippen LogP contribution >= 0.6 is 0 Å². The molecule has 5 heteroatoms. The van der Waals surface area contributed by atoms with Crippen molar-refractivity contribution in [3.63, 3.8) is 0 Å². The van der Waals surface area contributed by atoms with Crippen molar-refractivity contribution >= 4 is 17.3 Å². The number of nitrogens with one attached hydrogen (secondary N) is 1. The summed E-state index contributed by atoms with van der Waals surface area (Å²) in [5, 5.41) is 7.15. The number of aromatic nitrogens is 2. The Morgan fingerprint density at radius 2 is 2.00 bits per heavy atom. The normalized spacial score (nSPS) is 10.5. The Morgan fingerprint density at radius 3 is 2.53 bits per heavy atom. The first-order valence-electron chi connectivity index (χ1n) is 6.08. The molecule has 0 radical (unpaired) electrons. The minimum atomic E-state index is -0.143. The number of rotatable bonds is 2. The van der Waals surface area contributed by atoms with Gasteiger partial charge in [-0.3, -0.25) is 9.48 Å². The van der Waals surface area contributed by atoms with E-state index < -0.39 is 0 Å². The Kier molecular flexibility index (Phi) is 3.29.